The number of hydrogen-bond acceptors (Lipinski definition) is 5. The first-order valence-corrected chi connectivity index (χ1v) is 9.09. The summed E-state index contributed by atoms with van der Waals surface area (Å²) in [7, 11) is 0. The molecule has 1 N–H and O–H groups in total. The Hall–Kier alpha value is -3.42. The van der Waals surface area contributed by atoms with Crippen molar-refractivity contribution in [2.75, 3.05) is 6.54 Å². The maximum atomic E-state index is 12.7. The first-order chi connectivity index (χ1) is 13.6. The van der Waals surface area contributed by atoms with E-state index in [0.717, 1.165) is 11.6 Å². The van der Waals surface area contributed by atoms with Crippen molar-refractivity contribution in [1.29, 1.82) is 0 Å². The molecule has 2 rings (SSSR count). The molecule has 0 aliphatic rings. The monoisotopic (exact) mass is 400 g/mol. The minimum atomic E-state index is -1.20. The topological polar surface area (TPSA) is 110 Å². The number of carboxylic acid groups (broad SMARTS) is 1. The summed E-state index contributed by atoms with van der Waals surface area (Å²) in [6, 6.07) is 13.0. The van der Waals surface area contributed by atoms with E-state index in [1.54, 1.807) is 20.8 Å². The van der Waals surface area contributed by atoms with Gasteiger partial charge >= 0.3 is 12.1 Å². The maximum absolute atomic E-state index is 12.7. The summed E-state index contributed by atoms with van der Waals surface area (Å²) in [5, 5.41) is 20.6. The molecule has 0 radical (unpaired) electrons. The molecule has 8 heteroatoms. The number of carboxylic acids is 1. The Morgan fingerprint density at radius 2 is 1.79 bits per heavy atom. The second kappa shape index (κ2) is 9.18. The second-order valence-electron chi connectivity index (χ2n) is 7.54. The first-order valence-electron chi connectivity index (χ1n) is 9.09. The van der Waals surface area contributed by atoms with Gasteiger partial charge in [-0.05, 0) is 44.9 Å². The lowest BCUT2D eigenvalue weighted by molar-refractivity contribution is -0.385. The molecule has 0 fully saturated rings. The fourth-order valence-electron chi connectivity index (χ4n) is 2.70. The van der Waals surface area contributed by atoms with Crippen LogP contribution in [0.4, 0.5) is 10.5 Å². The van der Waals surface area contributed by atoms with Crippen molar-refractivity contribution in [3.05, 3.63) is 75.3 Å². The van der Waals surface area contributed by atoms with E-state index in [2.05, 4.69) is 0 Å². The van der Waals surface area contributed by atoms with E-state index >= 15 is 0 Å². The summed E-state index contributed by atoms with van der Waals surface area (Å²) in [6.07, 6.45) is -0.101. The van der Waals surface area contributed by atoms with Crippen LogP contribution in [0.25, 0.3) is 0 Å². The number of amides is 1. The van der Waals surface area contributed by atoms with Crippen molar-refractivity contribution >= 4 is 17.7 Å². The van der Waals surface area contributed by atoms with Gasteiger partial charge in [0, 0.05) is 12.6 Å². The molecule has 1 amide bonds. The number of hydrogen-bond donors (Lipinski definition) is 1. The SMILES string of the molecule is CC(C)(C)OC(=O)N(CCc1ccccc1)Cc1cc(C(=O)O)ccc1[N+](=O)[O-]. The Kier molecular flexibility index (Phi) is 6.93. The zero-order valence-corrected chi connectivity index (χ0v) is 16.6. The van der Waals surface area contributed by atoms with Crippen molar-refractivity contribution in [3.63, 3.8) is 0 Å². The molecule has 154 valence electrons. The second-order valence-corrected chi connectivity index (χ2v) is 7.54. The zero-order chi connectivity index (χ0) is 21.6. The van der Waals surface area contributed by atoms with Crippen LogP contribution in [0.2, 0.25) is 0 Å². The summed E-state index contributed by atoms with van der Waals surface area (Å²) < 4.78 is 5.44. The van der Waals surface area contributed by atoms with Gasteiger partial charge in [-0.2, -0.15) is 0 Å². The number of carbonyl (C=O) groups excluding carboxylic acids is 1. The molecular formula is C21H24N2O6. The number of rotatable bonds is 7. The van der Waals surface area contributed by atoms with Crippen LogP contribution in [0.3, 0.4) is 0 Å². The first kappa shape index (κ1) is 21.9. The summed E-state index contributed by atoms with van der Waals surface area (Å²) in [5.41, 5.74) is 0.0569. The molecule has 0 spiro atoms. The summed E-state index contributed by atoms with van der Waals surface area (Å²) >= 11 is 0. The van der Waals surface area contributed by atoms with Crippen molar-refractivity contribution < 1.29 is 24.4 Å². The quantitative estimate of drug-likeness (QED) is 0.549. The third-order valence-electron chi connectivity index (χ3n) is 4.05. The number of benzene rings is 2. The Labute approximate surface area is 168 Å². The number of nitro groups is 1. The predicted molar refractivity (Wildman–Crippen MR) is 107 cm³/mol. The summed E-state index contributed by atoms with van der Waals surface area (Å²) in [5.74, 6) is -1.20. The molecular weight excluding hydrogens is 376 g/mol. The molecule has 0 saturated heterocycles. The Bertz CT molecular complexity index is 890. The van der Waals surface area contributed by atoms with E-state index in [9.17, 15) is 24.8 Å². The van der Waals surface area contributed by atoms with Crippen LogP contribution < -0.4 is 0 Å². The van der Waals surface area contributed by atoms with Crippen LogP contribution in [0, 0.1) is 10.1 Å². The number of aromatic carboxylic acids is 1. The van der Waals surface area contributed by atoms with Crippen LogP contribution >= 0.6 is 0 Å². The highest BCUT2D eigenvalue weighted by Gasteiger charge is 2.25. The van der Waals surface area contributed by atoms with Gasteiger partial charge in [-0.1, -0.05) is 30.3 Å². The number of carbonyl (C=O) groups is 2. The van der Waals surface area contributed by atoms with Gasteiger partial charge in [-0.25, -0.2) is 9.59 Å². The van der Waals surface area contributed by atoms with Gasteiger partial charge in [0.05, 0.1) is 22.6 Å². The van der Waals surface area contributed by atoms with Gasteiger partial charge in [0.2, 0.25) is 0 Å². The molecule has 8 nitrogen and oxygen atoms in total. The molecule has 0 aromatic heterocycles. The van der Waals surface area contributed by atoms with Gasteiger partial charge in [0.25, 0.3) is 5.69 Å². The minimum absolute atomic E-state index is 0.0854. The Morgan fingerprint density at radius 1 is 1.14 bits per heavy atom. The van der Waals surface area contributed by atoms with Crippen molar-refractivity contribution in [3.8, 4) is 0 Å². The van der Waals surface area contributed by atoms with Crippen LogP contribution in [-0.4, -0.2) is 39.1 Å². The third kappa shape index (κ3) is 6.60. The number of nitrogens with zero attached hydrogens (tertiary/aromatic N) is 2. The zero-order valence-electron chi connectivity index (χ0n) is 16.6. The number of nitro benzene ring substituents is 1. The van der Waals surface area contributed by atoms with E-state index in [-0.39, 0.29) is 29.9 Å². The molecule has 0 aliphatic heterocycles. The molecule has 0 heterocycles. The smallest absolute Gasteiger partial charge is 0.410 e. The molecule has 0 unspecified atom stereocenters. The van der Waals surface area contributed by atoms with Gasteiger partial charge in [-0.3, -0.25) is 10.1 Å². The average Bonchev–Trinajstić information content (AvgIpc) is 2.64. The highest BCUT2D eigenvalue weighted by Crippen LogP contribution is 2.23. The molecule has 2 aromatic rings. The maximum Gasteiger partial charge on any atom is 0.410 e. The molecule has 2 aromatic carbocycles. The summed E-state index contributed by atoms with van der Waals surface area (Å²) in [4.78, 5) is 36.1. The van der Waals surface area contributed by atoms with Crippen LogP contribution in [-0.2, 0) is 17.7 Å². The lowest BCUT2D eigenvalue weighted by Crippen LogP contribution is -2.37. The molecule has 0 atom stereocenters. The highest BCUT2D eigenvalue weighted by atomic mass is 16.6. The van der Waals surface area contributed by atoms with Crippen molar-refractivity contribution in [1.82, 2.24) is 4.90 Å². The molecule has 29 heavy (non-hydrogen) atoms. The van der Waals surface area contributed by atoms with Crippen LogP contribution in [0.1, 0.15) is 42.3 Å². The molecule has 0 bridgehead atoms. The van der Waals surface area contributed by atoms with E-state index in [1.807, 2.05) is 30.3 Å². The fraction of sp³-hybridized carbons (Fsp3) is 0.333. The van der Waals surface area contributed by atoms with Gasteiger partial charge in [0.15, 0.2) is 0 Å². The Balaban J connectivity index is 2.32. The third-order valence-corrected chi connectivity index (χ3v) is 4.05. The largest absolute Gasteiger partial charge is 0.478 e. The standard InChI is InChI=1S/C21H24N2O6/c1-21(2,3)29-20(26)22(12-11-15-7-5-4-6-8-15)14-17-13-16(19(24)25)9-10-18(17)23(27)28/h4-10,13H,11-12,14H2,1-3H3,(H,24,25). The predicted octanol–water partition coefficient (Wildman–Crippen LogP) is 4.27. The van der Waals surface area contributed by atoms with Gasteiger partial charge < -0.3 is 14.7 Å². The normalized spacial score (nSPS) is 11.0. The number of ether oxygens (including phenoxy) is 1. The van der Waals surface area contributed by atoms with E-state index in [1.165, 1.54) is 17.0 Å². The van der Waals surface area contributed by atoms with Gasteiger partial charge in [-0.15, -0.1) is 0 Å². The molecule has 0 saturated carbocycles. The lowest BCUT2D eigenvalue weighted by Gasteiger charge is -2.27. The van der Waals surface area contributed by atoms with Crippen molar-refractivity contribution in [2.24, 2.45) is 0 Å². The highest BCUT2D eigenvalue weighted by molar-refractivity contribution is 5.88. The van der Waals surface area contributed by atoms with Gasteiger partial charge in [0.1, 0.15) is 5.60 Å². The fourth-order valence-corrected chi connectivity index (χ4v) is 2.70. The minimum Gasteiger partial charge on any atom is -0.478 e. The van der Waals surface area contributed by atoms with Crippen LogP contribution in [0.5, 0.6) is 0 Å². The lowest BCUT2D eigenvalue weighted by atomic mass is 10.1. The molecule has 0 aliphatic carbocycles. The van der Waals surface area contributed by atoms with Crippen LogP contribution in [0.15, 0.2) is 48.5 Å². The van der Waals surface area contributed by atoms with Crippen molar-refractivity contribution in [2.45, 2.75) is 39.3 Å². The summed E-state index contributed by atoms with van der Waals surface area (Å²) in [6.45, 7) is 5.31. The van der Waals surface area contributed by atoms with E-state index in [0.29, 0.717) is 6.42 Å². The average molecular weight is 400 g/mol. The van der Waals surface area contributed by atoms with E-state index in [4.69, 9.17) is 4.74 Å². The Morgan fingerprint density at radius 3 is 2.34 bits per heavy atom. The van der Waals surface area contributed by atoms with E-state index < -0.39 is 22.6 Å².